The van der Waals surface area contributed by atoms with Crippen LogP contribution in [0.1, 0.15) is 12.8 Å². The summed E-state index contributed by atoms with van der Waals surface area (Å²) in [4.78, 5) is 27.0. The molecular formula is C16H20N2O4. The normalized spacial score (nSPS) is 22.1. The predicted octanol–water partition coefficient (Wildman–Crippen LogP) is 1.83. The van der Waals surface area contributed by atoms with Gasteiger partial charge < -0.3 is 14.4 Å². The number of benzene rings is 1. The first-order valence-electron chi connectivity index (χ1n) is 7.51. The first-order chi connectivity index (χ1) is 10.7. The third-order valence-corrected chi connectivity index (χ3v) is 4.07. The van der Waals surface area contributed by atoms with Gasteiger partial charge >= 0.3 is 6.09 Å². The maximum absolute atomic E-state index is 11.9. The van der Waals surface area contributed by atoms with E-state index < -0.39 is 0 Å². The first-order valence-corrected chi connectivity index (χ1v) is 7.51. The zero-order valence-electron chi connectivity index (χ0n) is 12.7. The van der Waals surface area contributed by atoms with Crippen LogP contribution in [-0.2, 0) is 14.3 Å². The van der Waals surface area contributed by atoms with E-state index in [1.165, 1.54) is 0 Å². The predicted molar refractivity (Wildman–Crippen MR) is 82.4 cm³/mol. The van der Waals surface area contributed by atoms with Crippen molar-refractivity contribution in [3.8, 4) is 0 Å². The fourth-order valence-electron chi connectivity index (χ4n) is 2.86. The van der Waals surface area contributed by atoms with Gasteiger partial charge in [-0.2, -0.15) is 0 Å². The molecule has 2 saturated heterocycles. The van der Waals surface area contributed by atoms with E-state index in [0.29, 0.717) is 31.8 Å². The summed E-state index contributed by atoms with van der Waals surface area (Å²) in [6.07, 6.45) is 0.668. The Morgan fingerprint density at radius 1 is 1.14 bits per heavy atom. The number of piperidine rings is 1. The Balaban J connectivity index is 1.66. The van der Waals surface area contributed by atoms with Crippen molar-refractivity contribution in [2.75, 3.05) is 43.2 Å². The largest absolute Gasteiger partial charge is 0.441 e. The maximum atomic E-state index is 11.9. The third-order valence-electron chi connectivity index (χ3n) is 4.07. The van der Waals surface area contributed by atoms with Crippen LogP contribution in [0.4, 0.5) is 16.2 Å². The summed E-state index contributed by atoms with van der Waals surface area (Å²) in [5.74, 6) is 0.330. The summed E-state index contributed by atoms with van der Waals surface area (Å²) in [5, 5.41) is 0. The van der Waals surface area contributed by atoms with Gasteiger partial charge in [0.15, 0.2) is 0 Å². The zero-order chi connectivity index (χ0) is 15.5. The molecule has 3 rings (SSSR count). The number of anilines is 2. The summed E-state index contributed by atoms with van der Waals surface area (Å²) in [5.41, 5.74) is 1.90. The molecule has 1 amide bonds. The summed E-state index contributed by atoms with van der Waals surface area (Å²) >= 11 is 0. The lowest BCUT2D eigenvalue weighted by Crippen LogP contribution is -2.33. The summed E-state index contributed by atoms with van der Waals surface area (Å²) < 4.78 is 10.3. The van der Waals surface area contributed by atoms with Crippen molar-refractivity contribution in [2.45, 2.75) is 18.9 Å². The van der Waals surface area contributed by atoms with Crippen molar-refractivity contribution in [2.24, 2.45) is 0 Å². The highest BCUT2D eigenvalue weighted by atomic mass is 16.6. The minimum Gasteiger partial charge on any atom is -0.441 e. The van der Waals surface area contributed by atoms with Crippen LogP contribution in [0, 0.1) is 0 Å². The van der Waals surface area contributed by atoms with Gasteiger partial charge in [0.05, 0.1) is 13.2 Å². The Morgan fingerprint density at radius 3 is 2.41 bits per heavy atom. The number of ketones is 1. The molecule has 1 aromatic rings. The van der Waals surface area contributed by atoms with Crippen LogP contribution in [0.15, 0.2) is 24.3 Å². The number of hydrogen-bond donors (Lipinski definition) is 0. The molecule has 0 radical (unpaired) electrons. The van der Waals surface area contributed by atoms with E-state index in [-0.39, 0.29) is 12.2 Å². The van der Waals surface area contributed by atoms with Crippen molar-refractivity contribution in [3.05, 3.63) is 24.3 Å². The van der Waals surface area contributed by atoms with Gasteiger partial charge in [-0.25, -0.2) is 4.79 Å². The van der Waals surface area contributed by atoms with Crippen molar-refractivity contribution in [3.63, 3.8) is 0 Å². The van der Waals surface area contributed by atoms with Crippen molar-refractivity contribution < 1.29 is 19.1 Å². The molecule has 1 unspecified atom stereocenters. The summed E-state index contributed by atoms with van der Waals surface area (Å²) in [7, 11) is 1.59. The Hall–Kier alpha value is -2.08. The molecule has 0 aromatic heterocycles. The van der Waals surface area contributed by atoms with Crippen LogP contribution in [0.25, 0.3) is 0 Å². The minimum absolute atomic E-state index is 0.217. The summed E-state index contributed by atoms with van der Waals surface area (Å²) in [6, 6.07) is 7.81. The smallest absolute Gasteiger partial charge is 0.414 e. The first kappa shape index (κ1) is 14.8. The molecule has 0 N–H and O–H groups in total. The standard InChI is InChI=1S/C16H20N2O4/c1-21-11-15-10-18(16(20)22-15)13-4-2-12(3-5-13)17-8-6-14(19)7-9-17/h2-5,15H,6-11H2,1H3. The van der Waals surface area contributed by atoms with Crippen LogP contribution in [-0.4, -0.2) is 51.3 Å². The van der Waals surface area contributed by atoms with Gasteiger partial charge in [0.1, 0.15) is 11.9 Å². The number of carbonyl (C=O) groups is 2. The number of methoxy groups -OCH3 is 1. The molecule has 2 heterocycles. The molecule has 0 spiro atoms. The lowest BCUT2D eigenvalue weighted by molar-refractivity contribution is -0.119. The Labute approximate surface area is 129 Å². The molecule has 22 heavy (non-hydrogen) atoms. The van der Waals surface area contributed by atoms with Crippen LogP contribution in [0.3, 0.4) is 0 Å². The zero-order valence-corrected chi connectivity index (χ0v) is 12.7. The van der Waals surface area contributed by atoms with Crippen molar-refractivity contribution in [1.82, 2.24) is 0 Å². The van der Waals surface area contributed by atoms with Crippen molar-refractivity contribution in [1.29, 1.82) is 0 Å². The van der Waals surface area contributed by atoms with Gasteiger partial charge in [0.25, 0.3) is 0 Å². The molecule has 0 saturated carbocycles. The van der Waals surface area contributed by atoms with Crippen LogP contribution in [0.5, 0.6) is 0 Å². The maximum Gasteiger partial charge on any atom is 0.414 e. The molecule has 6 heteroatoms. The van der Waals surface area contributed by atoms with Gasteiger partial charge in [-0.1, -0.05) is 0 Å². The van der Waals surface area contributed by atoms with Gasteiger partial charge in [-0.05, 0) is 24.3 Å². The number of ether oxygens (including phenoxy) is 2. The molecular weight excluding hydrogens is 284 g/mol. The van der Waals surface area contributed by atoms with Crippen molar-refractivity contribution >= 4 is 23.3 Å². The summed E-state index contributed by atoms with van der Waals surface area (Å²) in [6.45, 7) is 2.44. The minimum atomic E-state index is -0.335. The van der Waals surface area contributed by atoms with E-state index in [2.05, 4.69) is 4.90 Å². The number of Topliss-reactive ketones (excluding diaryl/α,β-unsaturated/α-hetero) is 1. The number of amides is 1. The highest BCUT2D eigenvalue weighted by molar-refractivity contribution is 5.90. The SMILES string of the molecule is COCC1CN(c2ccc(N3CCC(=O)CC3)cc2)C(=O)O1. The number of rotatable bonds is 4. The Bertz CT molecular complexity index is 548. The number of hydrogen-bond acceptors (Lipinski definition) is 5. The van der Waals surface area contributed by atoms with E-state index in [0.717, 1.165) is 24.5 Å². The molecule has 0 aliphatic carbocycles. The van der Waals surface area contributed by atoms with Gasteiger partial charge in [-0.3, -0.25) is 9.69 Å². The lowest BCUT2D eigenvalue weighted by Gasteiger charge is -2.28. The molecule has 1 atom stereocenters. The van der Waals surface area contributed by atoms with Crippen LogP contribution in [0.2, 0.25) is 0 Å². The fraction of sp³-hybridized carbons (Fsp3) is 0.500. The molecule has 2 aliphatic rings. The second-order valence-corrected chi connectivity index (χ2v) is 5.61. The average molecular weight is 304 g/mol. The molecule has 1 aromatic carbocycles. The van der Waals surface area contributed by atoms with Crippen LogP contribution >= 0.6 is 0 Å². The van der Waals surface area contributed by atoms with E-state index in [1.54, 1.807) is 12.0 Å². The molecule has 0 bridgehead atoms. The van der Waals surface area contributed by atoms with E-state index in [4.69, 9.17) is 9.47 Å². The number of carbonyl (C=O) groups excluding carboxylic acids is 2. The van der Waals surface area contributed by atoms with Gasteiger partial charge in [0.2, 0.25) is 0 Å². The lowest BCUT2D eigenvalue weighted by atomic mass is 10.1. The quantitative estimate of drug-likeness (QED) is 0.849. The molecule has 6 nitrogen and oxygen atoms in total. The monoisotopic (exact) mass is 304 g/mol. The second kappa shape index (κ2) is 6.36. The fourth-order valence-corrected chi connectivity index (χ4v) is 2.86. The topological polar surface area (TPSA) is 59.1 Å². The number of nitrogens with zero attached hydrogens (tertiary/aromatic N) is 2. The molecule has 118 valence electrons. The molecule has 2 aliphatic heterocycles. The second-order valence-electron chi connectivity index (χ2n) is 5.61. The average Bonchev–Trinajstić information content (AvgIpc) is 2.89. The highest BCUT2D eigenvalue weighted by Gasteiger charge is 2.32. The Kier molecular flexibility index (Phi) is 4.29. The number of cyclic esters (lactones) is 1. The van der Waals surface area contributed by atoms with E-state index >= 15 is 0 Å². The van der Waals surface area contributed by atoms with Crippen LogP contribution < -0.4 is 9.80 Å². The Morgan fingerprint density at radius 2 is 1.77 bits per heavy atom. The third kappa shape index (κ3) is 3.06. The van der Waals surface area contributed by atoms with E-state index in [1.807, 2.05) is 24.3 Å². The molecule has 2 fully saturated rings. The van der Waals surface area contributed by atoms with Gasteiger partial charge in [0, 0.05) is 44.4 Å². The van der Waals surface area contributed by atoms with E-state index in [9.17, 15) is 9.59 Å². The van der Waals surface area contributed by atoms with Gasteiger partial charge in [-0.15, -0.1) is 0 Å². The highest BCUT2D eigenvalue weighted by Crippen LogP contribution is 2.26.